The zero-order valence-corrected chi connectivity index (χ0v) is 50.3. The number of aliphatic hydroxyl groups is 1. The highest BCUT2D eigenvalue weighted by atomic mass is 32.2. The number of hydrogen-bond acceptors (Lipinski definition) is 8. The first-order valence-electron chi connectivity index (χ1n) is 28.4. The zero-order chi connectivity index (χ0) is 53.8. The number of carbonyl (C=O) groups is 3. The van der Waals surface area contributed by atoms with Gasteiger partial charge < -0.3 is 30.2 Å². The van der Waals surface area contributed by atoms with Gasteiger partial charge in [0.1, 0.15) is 11.6 Å². The Morgan fingerprint density at radius 1 is 0.671 bits per heavy atom. The molecule has 2 aliphatic carbocycles. The first-order chi connectivity index (χ1) is 31.8. The third kappa shape index (κ3) is 32.7. The largest absolute Gasteiger partial charge is 0.392 e. The fourth-order valence-electron chi connectivity index (χ4n) is 9.93. The van der Waals surface area contributed by atoms with Crippen molar-refractivity contribution in [3.05, 3.63) is 0 Å². The molecule has 1 amide bonds. The first kappa shape index (κ1) is 72.9. The van der Waals surface area contributed by atoms with E-state index < -0.39 is 9.84 Å². The maximum atomic E-state index is 11.2. The highest BCUT2D eigenvalue weighted by molar-refractivity contribution is 7.92. The topological polar surface area (TPSA) is 133 Å². The Labute approximate surface area is 437 Å². The van der Waals surface area contributed by atoms with Gasteiger partial charge in [-0.2, -0.15) is 0 Å². The predicted octanol–water partition coefficient (Wildman–Crippen LogP) is 14.4. The summed E-state index contributed by atoms with van der Waals surface area (Å²) in [4.78, 5) is 33.7. The number of nitrogens with zero attached hydrogens (tertiary/aromatic N) is 1. The number of likely N-dealkylation sites (tertiary alicyclic amines) is 1. The number of nitrogens with one attached hydrogen (secondary N) is 2. The van der Waals surface area contributed by atoms with Crippen LogP contribution in [0.15, 0.2) is 0 Å². The molecule has 9 nitrogen and oxygen atoms in total. The minimum Gasteiger partial charge on any atom is -0.392 e. The second-order valence-electron chi connectivity index (χ2n) is 25.1. The summed E-state index contributed by atoms with van der Waals surface area (Å²) < 4.78 is 22.4. The summed E-state index contributed by atoms with van der Waals surface area (Å²) in [6, 6.07) is 1.83. The monoisotopic (exact) mass is 1010 g/mol. The van der Waals surface area contributed by atoms with Crippen molar-refractivity contribution in [3.63, 3.8) is 0 Å². The number of Topliss-reactive ketones (excluding diaryl/α,β-unsaturated/α-hetero) is 2. The minimum absolute atomic E-state index is 0. The van der Waals surface area contributed by atoms with E-state index in [0.29, 0.717) is 53.2 Å². The molecule has 420 valence electrons. The molecule has 0 aromatic carbocycles. The molecule has 0 aromatic heterocycles. The van der Waals surface area contributed by atoms with E-state index >= 15 is 0 Å². The number of sulfone groups is 1. The Morgan fingerprint density at radius 3 is 1.40 bits per heavy atom. The molecule has 0 spiro atoms. The predicted molar refractivity (Wildman–Crippen MR) is 305 cm³/mol. The summed E-state index contributed by atoms with van der Waals surface area (Å²) in [6.07, 6.45) is 17.7. The second kappa shape index (κ2) is 38.2. The van der Waals surface area contributed by atoms with Gasteiger partial charge in [0.15, 0.2) is 9.84 Å². The molecule has 6 rings (SSSR count). The molecular weight excluding hydrogens is 891 g/mol. The Hall–Kier alpha value is -1.36. The summed E-state index contributed by atoms with van der Waals surface area (Å²) in [6.45, 7) is 47.6. The molecule has 0 aromatic rings. The van der Waals surface area contributed by atoms with Crippen molar-refractivity contribution in [2.45, 2.75) is 279 Å². The van der Waals surface area contributed by atoms with Gasteiger partial charge in [-0.1, -0.05) is 158 Å². The lowest BCUT2D eigenvalue weighted by molar-refractivity contribution is -0.130. The standard InChI is InChI=1S/C9H17NO.C8H17N.C8H16.C7H15NO.C7H14O2S.C7H14O.C7H14.C6H12O.CH4/c1-7(2)9-5-4-6-10(9)8(3)11;1-6(2)8-7(3)4-5-9-8;1-7(2)8(3)5-4-6-8;1-5(2)7-3-6(9)4-8-7;1-6(2)7-4-3-5-10(7,8)9;1-6(2)4-5-7(3)8;1-6(2)7-4-3-5-7;1-5(2)4-6(3)7;/h7,9H,4-6H2,1-3H3;6-9H,4-5H2,1-3H3;7H,4-6H2,1-3H3;5-9H,3-4H2,1-2H3;6-7H,3-5H2,1-2H3;6H,4-5H2,1-3H3;6-7H,3-5H2,1-2H3;5H,4H2,1-3H3;1H4. The molecule has 0 bridgehead atoms. The van der Waals surface area contributed by atoms with E-state index in [4.69, 9.17) is 5.11 Å². The average molecular weight is 1010 g/mol. The number of hydrogen-bond donors (Lipinski definition) is 3. The van der Waals surface area contributed by atoms with Gasteiger partial charge >= 0.3 is 0 Å². The average Bonchev–Trinajstić information content (AvgIpc) is 4.01. The van der Waals surface area contributed by atoms with Gasteiger partial charge in [-0.15, -0.1) is 0 Å². The Kier molecular flexibility index (Phi) is 39.8. The second-order valence-corrected chi connectivity index (χ2v) is 27.5. The normalized spacial score (nSPS) is 24.9. The molecule has 6 aliphatic rings. The smallest absolute Gasteiger partial charge is 0.219 e. The van der Waals surface area contributed by atoms with E-state index in [9.17, 15) is 22.8 Å². The van der Waals surface area contributed by atoms with Crippen LogP contribution in [-0.2, 0) is 24.2 Å². The molecule has 4 saturated heterocycles. The Morgan fingerprint density at radius 2 is 1.24 bits per heavy atom. The SMILES string of the molecule is C.CC(=O)CC(C)C.CC(=O)CCC(C)C.CC(=O)N1CCCC1C(C)C.CC(C)C1(C)CCC1.CC(C)C1CC(O)CN1.CC(C)C1CCC1.CC(C)C1CCCS1(=O)=O.CC(C)C1NCCC1C. The van der Waals surface area contributed by atoms with Crippen LogP contribution in [0.2, 0.25) is 0 Å². The van der Waals surface area contributed by atoms with Crippen LogP contribution in [0.25, 0.3) is 0 Å². The maximum Gasteiger partial charge on any atom is 0.219 e. The van der Waals surface area contributed by atoms with Crippen molar-refractivity contribution < 1.29 is 27.9 Å². The van der Waals surface area contributed by atoms with E-state index in [1.54, 1.807) is 20.8 Å². The van der Waals surface area contributed by atoms with Gasteiger partial charge in [-0.3, -0.25) is 4.79 Å². The van der Waals surface area contributed by atoms with Crippen LogP contribution < -0.4 is 10.6 Å². The van der Waals surface area contributed by atoms with Crippen LogP contribution in [0.5, 0.6) is 0 Å². The van der Waals surface area contributed by atoms with E-state index in [2.05, 4.69) is 108 Å². The highest BCUT2D eigenvalue weighted by Gasteiger charge is 2.35. The lowest BCUT2D eigenvalue weighted by atomic mass is 9.64. The first-order valence-corrected chi connectivity index (χ1v) is 30.1. The van der Waals surface area contributed by atoms with Crippen molar-refractivity contribution in [1.29, 1.82) is 0 Å². The van der Waals surface area contributed by atoms with Gasteiger partial charge in [-0.05, 0) is 143 Å². The summed E-state index contributed by atoms with van der Waals surface area (Å²) in [5.74, 6) is 8.63. The van der Waals surface area contributed by atoms with Crippen molar-refractivity contribution in [3.8, 4) is 0 Å². The molecule has 6 unspecified atom stereocenters. The van der Waals surface area contributed by atoms with Crippen LogP contribution in [0.1, 0.15) is 249 Å². The third-order valence-electron chi connectivity index (χ3n) is 15.6. The highest BCUT2D eigenvalue weighted by Crippen LogP contribution is 2.46. The van der Waals surface area contributed by atoms with Gasteiger partial charge in [0, 0.05) is 51.0 Å². The van der Waals surface area contributed by atoms with Crippen LogP contribution in [0.3, 0.4) is 0 Å². The zero-order valence-electron chi connectivity index (χ0n) is 49.4. The maximum absolute atomic E-state index is 11.2. The lowest BCUT2D eigenvalue weighted by Crippen LogP contribution is -2.36. The van der Waals surface area contributed by atoms with E-state index in [1.165, 1.54) is 64.3 Å². The summed E-state index contributed by atoms with van der Waals surface area (Å²) in [5, 5.41) is 15.8. The molecule has 0 radical (unpaired) electrons. The molecule has 2 saturated carbocycles. The lowest BCUT2D eigenvalue weighted by Gasteiger charge is -2.42. The quantitative estimate of drug-likeness (QED) is 0.186. The third-order valence-corrected chi connectivity index (χ3v) is 18.2. The van der Waals surface area contributed by atoms with Crippen molar-refractivity contribution in [2.24, 2.45) is 64.6 Å². The molecular formula is C60H123N3O6S. The van der Waals surface area contributed by atoms with Crippen LogP contribution >= 0.6 is 0 Å². The van der Waals surface area contributed by atoms with Gasteiger partial charge in [0.25, 0.3) is 0 Å². The van der Waals surface area contributed by atoms with Crippen LogP contribution in [0, 0.1) is 64.6 Å². The van der Waals surface area contributed by atoms with E-state index in [1.807, 2.05) is 32.6 Å². The van der Waals surface area contributed by atoms with Crippen LogP contribution in [-0.4, -0.2) is 90.8 Å². The summed E-state index contributed by atoms with van der Waals surface area (Å²) in [7, 11) is -2.69. The molecule has 10 heteroatoms. The number of amides is 1. The summed E-state index contributed by atoms with van der Waals surface area (Å²) >= 11 is 0. The van der Waals surface area contributed by atoms with Gasteiger partial charge in [0.2, 0.25) is 5.91 Å². The molecule has 70 heavy (non-hydrogen) atoms. The minimum atomic E-state index is -2.69. The van der Waals surface area contributed by atoms with Crippen LogP contribution in [0.4, 0.5) is 0 Å². The number of β-amino-alcohol motifs (C(OH)–C–C–N with tert-alkyl or cyclic N) is 1. The van der Waals surface area contributed by atoms with Crippen molar-refractivity contribution in [1.82, 2.24) is 15.5 Å². The number of carbonyl (C=O) groups excluding carboxylic acids is 3. The number of aliphatic hydroxyl groups excluding tert-OH is 1. The number of rotatable bonds is 11. The molecule has 4 aliphatic heterocycles. The van der Waals surface area contributed by atoms with Crippen molar-refractivity contribution >= 4 is 27.3 Å². The fourth-order valence-corrected chi connectivity index (χ4v) is 12.2. The van der Waals surface area contributed by atoms with Gasteiger partial charge in [-0.25, -0.2) is 8.42 Å². The number of ketones is 2. The van der Waals surface area contributed by atoms with Gasteiger partial charge in [0.05, 0.1) is 17.1 Å². The Balaban J connectivity index is -0.000000735. The van der Waals surface area contributed by atoms with E-state index in [-0.39, 0.29) is 30.5 Å². The molecule has 6 fully saturated rings. The molecule has 6 atom stereocenters. The summed E-state index contributed by atoms with van der Waals surface area (Å²) in [5.41, 5.74) is 0.722. The Bertz CT molecular complexity index is 1450. The molecule has 4 heterocycles. The fraction of sp³-hybridized carbons (Fsp3) is 0.950. The molecule has 3 N–H and O–H groups in total. The van der Waals surface area contributed by atoms with Crippen molar-refractivity contribution in [2.75, 3.05) is 25.4 Å². The van der Waals surface area contributed by atoms with E-state index in [0.717, 1.165) is 92.7 Å².